The molecule has 0 unspecified atom stereocenters. The second-order valence-electron chi connectivity index (χ2n) is 9.82. The summed E-state index contributed by atoms with van der Waals surface area (Å²) < 4.78 is 26.4. The molecule has 0 radical (unpaired) electrons. The Morgan fingerprint density at radius 1 is 0.881 bits per heavy atom. The Hall–Kier alpha value is -5.37. The number of aryl methyl sites for hydroxylation is 1. The van der Waals surface area contributed by atoms with E-state index in [9.17, 15) is 4.79 Å². The highest BCUT2D eigenvalue weighted by atomic mass is 19.1. The smallest absolute Gasteiger partial charge is 0.227 e. The van der Waals surface area contributed by atoms with Crippen molar-refractivity contribution in [1.82, 2.24) is 9.97 Å². The molecule has 0 saturated heterocycles. The van der Waals surface area contributed by atoms with Gasteiger partial charge in [-0.2, -0.15) is 0 Å². The number of hydrogen-bond donors (Lipinski definition) is 1. The van der Waals surface area contributed by atoms with Gasteiger partial charge in [0.1, 0.15) is 17.3 Å². The highest BCUT2D eigenvalue weighted by molar-refractivity contribution is 6.18. The average Bonchev–Trinajstić information content (AvgIpc) is 3.17. The van der Waals surface area contributed by atoms with Crippen molar-refractivity contribution in [3.8, 4) is 33.9 Å². The van der Waals surface area contributed by atoms with Gasteiger partial charge >= 0.3 is 0 Å². The lowest BCUT2D eigenvalue weighted by Crippen LogP contribution is -2.10. The Kier molecular flexibility index (Phi) is 7.19. The highest BCUT2D eigenvalue weighted by Gasteiger charge is 2.26. The summed E-state index contributed by atoms with van der Waals surface area (Å²) in [5, 5.41) is 3.21. The van der Waals surface area contributed by atoms with Gasteiger partial charge in [-0.3, -0.25) is 9.79 Å². The Bertz CT molecular complexity index is 1870. The van der Waals surface area contributed by atoms with Gasteiger partial charge in [0, 0.05) is 34.6 Å². The number of fused-ring (bicyclic) bond motifs is 3. The first kappa shape index (κ1) is 26.8. The third kappa shape index (κ3) is 4.88. The predicted molar refractivity (Wildman–Crippen MR) is 162 cm³/mol. The van der Waals surface area contributed by atoms with E-state index in [1.165, 1.54) is 20.3 Å². The molecule has 1 aliphatic heterocycles. The molecule has 1 aliphatic rings. The van der Waals surface area contributed by atoms with Crippen LogP contribution in [0.5, 0.6) is 11.5 Å². The second kappa shape index (κ2) is 11.2. The van der Waals surface area contributed by atoms with Crippen LogP contribution in [0.4, 0.5) is 16.0 Å². The van der Waals surface area contributed by atoms with Crippen molar-refractivity contribution in [2.45, 2.75) is 13.5 Å². The van der Waals surface area contributed by atoms with Gasteiger partial charge in [-0.05, 0) is 53.9 Å². The molecule has 0 atom stereocenters. The highest BCUT2D eigenvalue weighted by Crippen LogP contribution is 2.38. The van der Waals surface area contributed by atoms with E-state index in [1.54, 1.807) is 36.5 Å². The molecule has 0 fully saturated rings. The average molecular weight is 559 g/mol. The Balaban J connectivity index is 1.51. The third-order valence-corrected chi connectivity index (χ3v) is 7.31. The maximum Gasteiger partial charge on any atom is 0.227 e. The molecule has 8 heteroatoms. The maximum atomic E-state index is 15.5. The molecule has 208 valence electrons. The molecule has 0 aliphatic carbocycles. The molecular weight excluding hydrogens is 531 g/mol. The van der Waals surface area contributed by atoms with Gasteiger partial charge in [0.05, 0.1) is 43.3 Å². The molecule has 1 aromatic heterocycles. The second-order valence-corrected chi connectivity index (χ2v) is 9.82. The van der Waals surface area contributed by atoms with E-state index in [2.05, 4.69) is 29.4 Å². The number of ether oxygens (including phenoxy) is 2. The topological polar surface area (TPSA) is 85.7 Å². The zero-order chi connectivity index (χ0) is 29.2. The quantitative estimate of drug-likeness (QED) is 0.213. The van der Waals surface area contributed by atoms with Crippen LogP contribution < -0.4 is 14.8 Å². The minimum atomic E-state index is -0.424. The monoisotopic (exact) mass is 558 g/mol. The number of benzene rings is 4. The van der Waals surface area contributed by atoms with Gasteiger partial charge in [-0.15, -0.1) is 0 Å². The molecule has 4 aromatic carbocycles. The Morgan fingerprint density at radius 2 is 1.71 bits per heavy atom. The summed E-state index contributed by atoms with van der Waals surface area (Å²) in [6.07, 6.45) is 2.47. The van der Waals surface area contributed by atoms with Gasteiger partial charge in [-0.1, -0.05) is 42.5 Å². The molecular formula is C34H27FN4O3. The zero-order valence-electron chi connectivity index (χ0n) is 23.3. The van der Waals surface area contributed by atoms with Crippen LogP contribution in [0.15, 0.2) is 90.1 Å². The van der Waals surface area contributed by atoms with Crippen molar-refractivity contribution >= 4 is 23.6 Å². The lowest BCUT2D eigenvalue weighted by atomic mass is 9.90. The number of nitrogens with one attached hydrogen (secondary N) is 1. The van der Waals surface area contributed by atoms with Gasteiger partial charge in [0.25, 0.3) is 0 Å². The van der Waals surface area contributed by atoms with Crippen LogP contribution in [0.1, 0.15) is 32.6 Å². The normalized spacial score (nSPS) is 12.0. The number of aldehydes is 1. The first-order valence-electron chi connectivity index (χ1n) is 13.3. The van der Waals surface area contributed by atoms with E-state index in [1.807, 2.05) is 30.3 Å². The number of halogens is 1. The molecule has 42 heavy (non-hydrogen) atoms. The van der Waals surface area contributed by atoms with Gasteiger partial charge < -0.3 is 14.8 Å². The van der Waals surface area contributed by atoms with Crippen LogP contribution in [0.3, 0.4) is 0 Å². The Morgan fingerprint density at radius 3 is 2.50 bits per heavy atom. The van der Waals surface area contributed by atoms with Gasteiger partial charge in [0.15, 0.2) is 6.29 Å². The van der Waals surface area contributed by atoms with E-state index in [-0.39, 0.29) is 6.54 Å². The summed E-state index contributed by atoms with van der Waals surface area (Å²) in [6, 6.07) is 24.1. The molecule has 7 nitrogen and oxygen atoms in total. The first-order valence-corrected chi connectivity index (χ1v) is 13.3. The summed E-state index contributed by atoms with van der Waals surface area (Å²) in [4.78, 5) is 25.6. The molecule has 6 rings (SSSR count). The van der Waals surface area contributed by atoms with Crippen LogP contribution in [0.25, 0.3) is 22.4 Å². The maximum absolute atomic E-state index is 15.5. The minimum absolute atomic E-state index is 0.249. The number of methoxy groups -OCH3 is 2. The number of carbonyl (C=O) groups excluding carboxylic acids is 1. The van der Waals surface area contributed by atoms with Gasteiger partial charge in [0.2, 0.25) is 5.95 Å². The zero-order valence-corrected chi connectivity index (χ0v) is 23.3. The van der Waals surface area contributed by atoms with Crippen molar-refractivity contribution in [2.24, 2.45) is 4.99 Å². The van der Waals surface area contributed by atoms with Crippen molar-refractivity contribution < 1.29 is 18.7 Å². The molecule has 5 aromatic rings. The standard InChI is InChI=1S/C34H27FN4O3/c1-20-7-4-5-8-25(20)21-12-14-26-27(15-21)33(31-28(35)9-6-10-29(31)41-2)36-17-23-18-37-34(39-32(23)26)38-24-13-11-22(19-40)30(16-24)42-3/h4-16,18-19H,17H2,1-3H3,(H,37,38,39). The SMILES string of the molecule is COc1cc(Nc2ncc3c(n2)-c2ccc(-c4ccccc4C)cc2C(c2c(F)cccc2OC)=NC3)ccc1C=O. The van der Waals surface area contributed by atoms with Crippen LogP contribution in [-0.2, 0) is 6.54 Å². The van der Waals surface area contributed by atoms with Crippen LogP contribution >= 0.6 is 0 Å². The predicted octanol–water partition coefficient (Wildman–Crippen LogP) is 7.18. The summed E-state index contributed by atoms with van der Waals surface area (Å²) in [7, 11) is 3.03. The fourth-order valence-corrected chi connectivity index (χ4v) is 5.21. The number of aliphatic imine (C=N–C) groups is 1. The summed E-state index contributed by atoms with van der Waals surface area (Å²) in [5.74, 6) is 0.770. The van der Waals surface area contributed by atoms with E-state index in [4.69, 9.17) is 19.5 Å². The molecule has 0 spiro atoms. The van der Waals surface area contributed by atoms with E-state index >= 15 is 4.39 Å². The van der Waals surface area contributed by atoms with Crippen molar-refractivity contribution in [3.05, 3.63) is 119 Å². The fraction of sp³-hybridized carbons (Fsp3) is 0.118. The number of carbonyl (C=O) groups is 1. The molecule has 1 N–H and O–H groups in total. The lowest BCUT2D eigenvalue weighted by molar-refractivity contribution is 0.112. The van der Waals surface area contributed by atoms with Gasteiger partial charge in [-0.25, -0.2) is 14.4 Å². The van der Waals surface area contributed by atoms with E-state index in [0.29, 0.717) is 45.7 Å². The van der Waals surface area contributed by atoms with Crippen molar-refractivity contribution in [2.75, 3.05) is 19.5 Å². The molecule has 2 heterocycles. The van der Waals surface area contributed by atoms with E-state index in [0.717, 1.165) is 39.7 Å². The van der Waals surface area contributed by atoms with Crippen LogP contribution in [0.2, 0.25) is 0 Å². The number of rotatable bonds is 7. The molecule has 0 amide bonds. The van der Waals surface area contributed by atoms with Crippen molar-refractivity contribution in [3.63, 3.8) is 0 Å². The minimum Gasteiger partial charge on any atom is -0.496 e. The number of nitrogens with zero attached hydrogens (tertiary/aromatic N) is 3. The fourth-order valence-electron chi connectivity index (χ4n) is 5.21. The summed E-state index contributed by atoms with van der Waals surface area (Å²) >= 11 is 0. The largest absolute Gasteiger partial charge is 0.496 e. The van der Waals surface area contributed by atoms with Crippen LogP contribution in [-0.4, -0.2) is 36.2 Å². The number of aromatic nitrogens is 2. The summed E-state index contributed by atoms with van der Waals surface area (Å²) in [5.41, 5.74) is 8.07. The first-order chi connectivity index (χ1) is 20.5. The lowest BCUT2D eigenvalue weighted by Gasteiger charge is -2.17. The number of hydrogen-bond acceptors (Lipinski definition) is 7. The van der Waals surface area contributed by atoms with E-state index < -0.39 is 5.82 Å². The number of anilines is 2. The third-order valence-electron chi connectivity index (χ3n) is 7.31. The molecule has 0 saturated carbocycles. The summed E-state index contributed by atoms with van der Waals surface area (Å²) in [6.45, 7) is 2.31. The molecule has 0 bridgehead atoms. The van der Waals surface area contributed by atoms with Crippen molar-refractivity contribution in [1.29, 1.82) is 0 Å². The Labute approximate surface area is 242 Å². The van der Waals surface area contributed by atoms with Crippen LogP contribution in [0, 0.1) is 12.7 Å².